The molecule has 1 aromatic heterocycles. The third-order valence-electron chi connectivity index (χ3n) is 3.22. The number of primary amides is 1. The number of aromatic nitrogens is 2. The molecule has 128 valence electrons. The van der Waals surface area contributed by atoms with E-state index in [0.29, 0.717) is 29.4 Å². The number of aryl methyl sites for hydroxylation is 1. The van der Waals surface area contributed by atoms with Crippen LogP contribution in [0.5, 0.6) is 11.5 Å². The van der Waals surface area contributed by atoms with Crippen molar-refractivity contribution >= 4 is 34.6 Å². The van der Waals surface area contributed by atoms with Gasteiger partial charge in [0.2, 0.25) is 0 Å². The predicted octanol–water partition coefficient (Wildman–Crippen LogP) is 1.83. The molecule has 2 rings (SSSR count). The highest BCUT2D eigenvalue weighted by atomic mass is 32.1. The summed E-state index contributed by atoms with van der Waals surface area (Å²) in [7, 11) is 3.12. The fourth-order valence-corrected chi connectivity index (χ4v) is 2.25. The molecule has 4 N–H and O–H groups in total. The van der Waals surface area contributed by atoms with Crippen molar-refractivity contribution in [1.29, 1.82) is 0 Å². The molecule has 1 amide bonds. The number of nitrogens with zero attached hydrogens (tertiary/aromatic N) is 2. The summed E-state index contributed by atoms with van der Waals surface area (Å²) in [5, 5.41) is 10.3. The number of hydrogen-bond donors (Lipinski definition) is 3. The lowest BCUT2D eigenvalue weighted by Gasteiger charge is -2.14. The maximum atomic E-state index is 11.5. The number of hydrogen-bond acceptors (Lipinski definition) is 5. The van der Waals surface area contributed by atoms with E-state index in [1.807, 2.05) is 6.92 Å². The Bertz CT molecular complexity index is 760. The van der Waals surface area contributed by atoms with Crippen molar-refractivity contribution in [1.82, 2.24) is 9.78 Å². The Labute approximate surface area is 144 Å². The van der Waals surface area contributed by atoms with Crippen LogP contribution in [0.4, 0.5) is 11.4 Å². The molecule has 0 saturated carbocycles. The van der Waals surface area contributed by atoms with Crippen LogP contribution in [0.15, 0.2) is 24.4 Å². The van der Waals surface area contributed by atoms with Crippen LogP contribution < -0.4 is 25.8 Å². The van der Waals surface area contributed by atoms with Crippen molar-refractivity contribution in [3.05, 3.63) is 30.1 Å². The SMILES string of the molecule is CCn1cc(NC(=S)Nc2ccc(OC)cc2OC)c(C(N)=O)n1. The molecular weight excluding hydrogens is 330 g/mol. The third-order valence-corrected chi connectivity index (χ3v) is 3.43. The van der Waals surface area contributed by atoms with Gasteiger partial charge in [0.25, 0.3) is 5.91 Å². The summed E-state index contributed by atoms with van der Waals surface area (Å²) in [6.45, 7) is 2.51. The van der Waals surface area contributed by atoms with E-state index in [2.05, 4.69) is 15.7 Å². The summed E-state index contributed by atoms with van der Waals surface area (Å²) in [6, 6.07) is 5.28. The number of nitrogens with two attached hydrogens (primary N) is 1. The van der Waals surface area contributed by atoms with E-state index in [-0.39, 0.29) is 10.8 Å². The maximum absolute atomic E-state index is 11.5. The lowest BCUT2D eigenvalue weighted by Crippen LogP contribution is -2.22. The topological polar surface area (TPSA) is 103 Å². The zero-order valence-corrected chi connectivity index (χ0v) is 14.4. The molecule has 0 aliphatic carbocycles. The largest absolute Gasteiger partial charge is 0.497 e. The van der Waals surface area contributed by atoms with E-state index >= 15 is 0 Å². The van der Waals surface area contributed by atoms with Crippen LogP contribution in [-0.2, 0) is 6.54 Å². The van der Waals surface area contributed by atoms with Crippen LogP contribution >= 0.6 is 12.2 Å². The predicted molar refractivity (Wildman–Crippen MR) is 95.8 cm³/mol. The highest BCUT2D eigenvalue weighted by Crippen LogP contribution is 2.29. The lowest BCUT2D eigenvalue weighted by atomic mass is 10.2. The quantitative estimate of drug-likeness (QED) is 0.684. The van der Waals surface area contributed by atoms with E-state index in [9.17, 15) is 4.79 Å². The number of rotatable bonds is 6. The van der Waals surface area contributed by atoms with Gasteiger partial charge in [0.1, 0.15) is 11.5 Å². The minimum Gasteiger partial charge on any atom is -0.497 e. The van der Waals surface area contributed by atoms with Gasteiger partial charge in [0, 0.05) is 18.8 Å². The monoisotopic (exact) mass is 349 g/mol. The van der Waals surface area contributed by atoms with Gasteiger partial charge in [-0.3, -0.25) is 9.48 Å². The third kappa shape index (κ3) is 3.93. The van der Waals surface area contributed by atoms with Gasteiger partial charge in [-0.1, -0.05) is 0 Å². The van der Waals surface area contributed by atoms with Crippen molar-refractivity contribution in [2.24, 2.45) is 5.73 Å². The van der Waals surface area contributed by atoms with Crippen molar-refractivity contribution < 1.29 is 14.3 Å². The average Bonchev–Trinajstić information content (AvgIpc) is 2.98. The van der Waals surface area contributed by atoms with Crippen LogP contribution in [-0.4, -0.2) is 35.0 Å². The van der Waals surface area contributed by atoms with Crippen molar-refractivity contribution in [3.8, 4) is 11.5 Å². The summed E-state index contributed by atoms with van der Waals surface area (Å²) in [5.74, 6) is 0.601. The van der Waals surface area contributed by atoms with Crippen LogP contribution in [0.2, 0.25) is 0 Å². The van der Waals surface area contributed by atoms with Gasteiger partial charge in [0.05, 0.1) is 25.6 Å². The first kappa shape index (κ1) is 17.5. The molecule has 0 spiro atoms. The number of thiocarbonyl (C=S) groups is 1. The van der Waals surface area contributed by atoms with E-state index < -0.39 is 5.91 Å². The average molecular weight is 349 g/mol. The fourth-order valence-electron chi connectivity index (χ4n) is 2.03. The van der Waals surface area contributed by atoms with E-state index in [1.54, 1.807) is 43.3 Å². The summed E-state index contributed by atoms with van der Waals surface area (Å²) in [4.78, 5) is 11.5. The molecule has 0 aliphatic heterocycles. The van der Waals surface area contributed by atoms with Crippen LogP contribution in [0.3, 0.4) is 0 Å². The first-order valence-corrected chi connectivity index (χ1v) is 7.56. The van der Waals surface area contributed by atoms with Crippen molar-refractivity contribution in [2.75, 3.05) is 24.9 Å². The molecule has 0 aliphatic rings. The minimum absolute atomic E-state index is 0.127. The molecule has 0 bridgehead atoms. The van der Waals surface area contributed by atoms with Crippen molar-refractivity contribution in [2.45, 2.75) is 13.5 Å². The van der Waals surface area contributed by atoms with Gasteiger partial charge in [-0.2, -0.15) is 5.10 Å². The number of amides is 1. The second kappa shape index (κ2) is 7.64. The van der Waals surface area contributed by atoms with Crippen molar-refractivity contribution in [3.63, 3.8) is 0 Å². The molecule has 0 atom stereocenters. The first-order valence-electron chi connectivity index (χ1n) is 7.15. The van der Waals surface area contributed by atoms with Gasteiger partial charge in [0.15, 0.2) is 10.8 Å². The number of ether oxygens (including phenoxy) is 2. The summed E-state index contributed by atoms with van der Waals surface area (Å²) < 4.78 is 12.0. The highest BCUT2D eigenvalue weighted by molar-refractivity contribution is 7.80. The Morgan fingerprint density at radius 2 is 2.00 bits per heavy atom. The number of anilines is 2. The maximum Gasteiger partial charge on any atom is 0.271 e. The second-order valence-corrected chi connectivity index (χ2v) is 5.16. The molecule has 2 aromatic rings. The summed E-state index contributed by atoms with van der Waals surface area (Å²) >= 11 is 5.28. The fraction of sp³-hybridized carbons (Fsp3) is 0.267. The highest BCUT2D eigenvalue weighted by Gasteiger charge is 2.15. The molecule has 1 aromatic carbocycles. The summed E-state index contributed by atoms with van der Waals surface area (Å²) in [6.07, 6.45) is 1.67. The summed E-state index contributed by atoms with van der Waals surface area (Å²) in [5.41, 5.74) is 6.55. The van der Waals surface area contributed by atoms with E-state index in [0.717, 1.165) is 0 Å². The number of benzene rings is 1. The molecule has 0 fully saturated rings. The van der Waals surface area contributed by atoms with Gasteiger partial charge in [-0.15, -0.1) is 0 Å². The van der Waals surface area contributed by atoms with Crippen LogP contribution in [0, 0.1) is 0 Å². The Hall–Kier alpha value is -2.81. The smallest absolute Gasteiger partial charge is 0.271 e. The zero-order valence-electron chi connectivity index (χ0n) is 13.6. The second-order valence-electron chi connectivity index (χ2n) is 4.76. The molecule has 8 nitrogen and oxygen atoms in total. The van der Waals surface area contributed by atoms with E-state index in [1.165, 1.54) is 0 Å². The number of carbonyl (C=O) groups is 1. The molecule has 24 heavy (non-hydrogen) atoms. The van der Waals surface area contributed by atoms with Gasteiger partial charge < -0.3 is 25.8 Å². The normalized spacial score (nSPS) is 10.1. The zero-order chi connectivity index (χ0) is 17.7. The first-order chi connectivity index (χ1) is 11.5. The van der Waals surface area contributed by atoms with Gasteiger partial charge >= 0.3 is 0 Å². The molecular formula is C15H19N5O3S. The number of nitrogens with one attached hydrogen (secondary N) is 2. The van der Waals surface area contributed by atoms with Crippen LogP contribution in [0.25, 0.3) is 0 Å². The van der Waals surface area contributed by atoms with Gasteiger partial charge in [-0.25, -0.2) is 0 Å². The number of methoxy groups -OCH3 is 2. The van der Waals surface area contributed by atoms with Crippen LogP contribution in [0.1, 0.15) is 17.4 Å². The Balaban J connectivity index is 2.17. The molecule has 1 heterocycles. The number of carbonyl (C=O) groups excluding carboxylic acids is 1. The lowest BCUT2D eigenvalue weighted by molar-refractivity contribution is 0.0995. The molecule has 0 unspecified atom stereocenters. The molecule has 9 heteroatoms. The Morgan fingerprint density at radius 3 is 2.58 bits per heavy atom. The molecule has 0 radical (unpaired) electrons. The molecule has 0 saturated heterocycles. The Kier molecular flexibility index (Phi) is 5.59. The van der Waals surface area contributed by atoms with E-state index in [4.69, 9.17) is 27.4 Å². The standard InChI is InChI=1S/C15H19N5O3S/c1-4-20-8-11(13(19-20)14(16)21)18-15(24)17-10-6-5-9(22-2)7-12(10)23-3/h5-8H,4H2,1-3H3,(H2,16,21)(H2,17,18,24). The van der Waals surface area contributed by atoms with Gasteiger partial charge in [-0.05, 0) is 31.3 Å². The Morgan fingerprint density at radius 1 is 1.29 bits per heavy atom. The minimum atomic E-state index is -0.630.